The van der Waals surface area contributed by atoms with Crippen LogP contribution in [0.1, 0.15) is 44.1 Å². The van der Waals surface area contributed by atoms with E-state index >= 15 is 0 Å². The highest BCUT2D eigenvalue weighted by molar-refractivity contribution is 5.79. The van der Waals surface area contributed by atoms with Crippen molar-refractivity contribution in [1.82, 2.24) is 9.80 Å². The number of rotatable bonds is 4. The van der Waals surface area contributed by atoms with Crippen molar-refractivity contribution in [3.63, 3.8) is 0 Å². The fourth-order valence-corrected chi connectivity index (χ4v) is 4.01. The van der Waals surface area contributed by atoms with Crippen molar-refractivity contribution in [3.05, 3.63) is 39.9 Å². The molecule has 136 valence electrons. The largest absolute Gasteiger partial charge is 0.342 e. The average Bonchev–Trinajstić information content (AvgIpc) is 2.91. The predicted octanol–water partition coefficient (Wildman–Crippen LogP) is 3.21. The number of nitrogens with zero attached hydrogens (tertiary/aromatic N) is 3. The molecule has 2 fully saturated rings. The molecule has 1 aromatic rings. The average molecular weight is 345 g/mol. The van der Waals surface area contributed by atoms with E-state index in [-0.39, 0.29) is 22.4 Å². The first-order chi connectivity index (χ1) is 12.1. The van der Waals surface area contributed by atoms with E-state index in [0.29, 0.717) is 13.1 Å². The standard InChI is InChI=1S/C19H27N3O3/c23-19(21-12-5-1-2-6-13-21)17-9-7-11-20(15-17)14-16-8-3-4-10-18(16)22(24)25/h3-4,8,10,17H,1-2,5-7,9,11-15H2/t17-/m0/s1. The Labute approximate surface area is 148 Å². The second kappa shape index (κ2) is 8.43. The van der Waals surface area contributed by atoms with Gasteiger partial charge < -0.3 is 4.90 Å². The smallest absolute Gasteiger partial charge is 0.273 e. The van der Waals surface area contributed by atoms with Crippen LogP contribution in [-0.4, -0.2) is 46.8 Å². The van der Waals surface area contributed by atoms with Crippen LogP contribution in [0.25, 0.3) is 0 Å². The summed E-state index contributed by atoms with van der Waals surface area (Å²) in [4.78, 5) is 28.0. The summed E-state index contributed by atoms with van der Waals surface area (Å²) in [5.74, 6) is 0.323. The highest BCUT2D eigenvalue weighted by Gasteiger charge is 2.30. The number of benzene rings is 1. The Bertz CT molecular complexity index is 612. The molecular formula is C19H27N3O3. The monoisotopic (exact) mass is 345 g/mol. The number of piperidine rings is 1. The van der Waals surface area contributed by atoms with Gasteiger partial charge in [0.05, 0.1) is 10.8 Å². The van der Waals surface area contributed by atoms with Gasteiger partial charge in [0, 0.05) is 37.8 Å². The molecule has 2 aliphatic rings. The summed E-state index contributed by atoms with van der Waals surface area (Å²) < 4.78 is 0. The Morgan fingerprint density at radius 3 is 2.52 bits per heavy atom. The molecule has 25 heavy (non-hydrogen) atoms. The van der Waals surface area contributed by atoms with Gasteiger partial charge >= 0.3 is 0 Å². The minimum Gasteiger partial charge on any atom is -0.342 e. The first kappa shape index (κ1) is 17.9. The van der Waals surface area contributed by atoms with Crippen LogP contribution in [0.5, 0.6) is 0 Å². The maximum Gasteiger partial charge on any atom is 0.273 e. The zero-order valence-corrected chi connectivity index (χ0v) is 14.7. The minimum atomic E-state index is -0.320. The number of nitro groups is 1. The van der Waals surface area contributed by atoms with Crippen LogP contribution >= 0.6 is 0 Å². The lowest BCUT2D eigenvalue weighted by Crippen LogP contribution is -2.44. The summed E-state index contributed by atoms with van der Waals surface area (Å²) in [5.41, 5.74) is 0.902. The summed E-state index contributed by atoms with van der Waals surface area (Å²) in [6.45, 7) is 3.93. The van der Waals surface area contributed by atoms with E-state index in [1.165, 1.54) is 12.8 Å². The molecule has 0 aromatic heterocycles. The highest BCUT2D eigenvalue weighted by Crippen LogP contribution is 2.25. The quantitative estimate of drug-likeness (QED) is 0.621. The van der Waals surface area contributed by atoms with E-state index in [1.807, 2.05) is 17.0 Å². The Morgan fingerprint density at radius 1 is 1.08 bits per heavy atom. The minimum absolute atomic E-state index is 0.0367. The van der Waals surface area contributed by atoms with Gasteiger partial charge in [-0.25, -0.2) is 0 Å². The van der Waals surface area contributed by atoms with Crippen LogP contribution in [-0.2, 0) is 11.3 Å². The van der Waals surface area contributed by atoms with Crippen LogP contribution in [0.3, 0.4) is 0 Å². The molecule has 0 aliphatic carbocycles. The summed E-state index contributed by atoms with van der Waals surface area (Å²) >= 11 is 0. The molecule has 3 rings (SSSR count). The third kappa shape index (κ3) is 4.57. The van der Waals surface area contributed by atoms with Crippen LogP contribution in [0.4, 0.5) is 5.69 Å². The highest BCUT2D eigenvalue weighted by atomic mass is 16.6. The van der Waals surface area contributed by atoms with E-state index in [0.717, 1.165) is 50.9 Å². The van der Waals surface area contributed by atoms with Gasteiger partial charge in [-0.3, -0.25) is 19.8 Å². The summed E-state index contributed by atoms with van der Waals surface area (Å²) in [6.07, 6.45) is 6.57. The number of nitro benzene ring substituents is 1. The number of likely N-dealkylation sites (tertiary alicyclic amines) is 2. The molecule has 0 radical (unpaired) electrons. The van der Waals surface area contributed by atoms with Gasteiger partial charge in [0.1, 0.15) is 0 Å². The van der Waals surface area contributed by atoms with E-state index in [2.05, 4.69) is 4.90 Å². The lowest BCUT2D eigenvalue weighted by Gasteiger charge is -2.34. The number of para-hydroxylation sites is 1. The number of amides is 1. The number of carbonyl (C=O) groups excluding carboxylic acids is 1. The van der Waals surface area contributed by atoms with E-state index < -0.39 is 0 Å². The number of hydrogen-bond acceptors (Lipinski definition) is 4. The lowest BCUT2D eigenvalue weighted by molar-refractivity contribution is -0.385. The van der Waals surface area contributed by atoms with Crippen molar-refractivity contribution in [2.75, 3.05) is 26.2 Å². The van der Waals surface area contributed by atoms with Gasteiger partial charge in [0.25, 0.3) is 5.69 Å². The van der Waals surface area contributed by atoms with E-state index in [9.17, 15) is 14.9 Å². The van der Waals surface area contributed by atoms with Crippen LogP contribution in [0.15, 0.2) is 24.3 Å². The molecule has 2 heterocycles. The van der Waals surface area contributed by atoms with Crippen LogP contribution in [0, 0.1) is 16.0 Å². The maximum absolute atomic E-state index is 12.9. The third-order valence-corrected chi connectivity index (χ3v) is 5.35. The van der Waals surface area contributed by atoms with Gasteiger partial charge in [-0.2, -0.15) is 0 Å². The van der Waals surface area contributed by atoms with Crippen molar-refractivity contribution in [1.29, 1.82) is 0 Å². The fraction of sp³-hybridized carbons (Fsp3) is 0.632. The second-order valence-corrected chi connectivity index (χ2v) is 7.20. The topological polar surface area (TPSA) is 66.7 Å². The first-order valence-electron chi connectivity index (χ1n) is 9.38. The molecular weight excluding hydrogens is 318 g/mol. The van der Waals surface area contributed by atoms with Crippen molar-refractivity contribution < 1.29 is 9.72 Å². The second-order valence-electron chi connectivity index (χ2n) is 7.20. The van der Waals surface area contributed by atoms with Gasteiger partial charge in [-0.15, -0.1) is 0 Å². The van der Waals surface area contributed by atoms with Crippen molar-refractivity contribution in [3.8, 4) is 0 Å². The Kier molecular flexibility index (Phi) is 6.02. The van der Waals surface area contributed by atoms with Gasteiger partial charge in [-0.1, -0.05) is 31.0 Å². The van der Waals surface area contributed by atoms with Gasteiger partial charge in [0.2, 0.25) is 5.91 Å². The zero-order valence-electron chi connectivity index (χ0n) is 14.7. The molecule has 1 atom stereocenters. The summed E-state index contributed by atoms with van der Waals surface area (Å²) in [7, 11) is 0. The molecule has 6 heteroatoms. The Balaban J connectivity index is 1.63. The molecule has 0 spiro atoms. The van der Waals surface area contributed by atoms with Crippen molar-refractivity contribution >= 4 is 11.6 Å². The number of carbonyl (C=O) groups is 1. The first-order valence-corrected chi connectivity index (χ1v) is 9.38. The van der Waals surface area contributed by atoms with E-state index in [1.54, 1.807) is 12.1 Å². The van der Waals surface area contributed by atoms with Crippen LogP contribution < -0.4 is 0 Å². The normalized spacial score (nSPS) is 22.4. The van der Waals surface area contributed by atoms with Crippen molar-refractivity contribution in [2.45, 2.75) is 45.1 Å². The zero-order chi connectivity index (χ0) is 17.6. The summed E-state index contributed by atoms with van der Waals surface area (Å²) in [6, 6.07) is 6.91. The fourth-order valence-electron chi connectivity index (χ4n) is 4.01. The van der Waals surface area contributed by atoms with E-state index in [4.69, 9.17) is 0 Å². The Morgan fingerprint density at radius 2 is 1.80 bits per heavy atom. The predicted molar refractivity (Wildman–Crippen MR) is 96.1 cm³/mol. The van der Waals surface area contributed by atoms with Crippen LogP contribution in [0.2, 0.25) is 0 Å². The molecule has 0 N–H and O–H groups in total. The van der Waals surface area contributed by atoms with Gasteiger partial charge in [-0.05, 0) is 32.2 Å². The molecule has 6 nitrogen and oxygen atoms in total. The number of hydrogen-bond donors (Lipinski definition) is 0. The molecule has 0 saturated carbocycles. The molecule has 2 aliphatic heterocycles. The lowest BCUT2D eigenvalue weighted by atomic mass is 9.95. The summed E-state index contributed by atoms with van der Waals surface area (Å²) in [5, 5.41) is 11.2. The Hall–Kier alpha value is -1.95. The van der Waals surface area contributed by atoms with Crippen molar-refractivity contribution in [2.24, 2.45) is 5.92 Å². The molecule has 1 aromatic carbocycles. The maximum atomic E-state index is 12.9. The molecule has 0 bridgehead atoms. The van der Waals surface area contributed by atoms with Gasteiger partial charge in [0.15, 0.2) is 0 Å². The third-order valence-electron chi connectivity index (χ3n) is 5.35. The molecule has 0 unspecified atom stereocenters. The molecule has 2 saturated heterocycles. The molecule has 1 amide bonds. The SMILES string of the molecule is O=C([C@H]1CCCN(Cc2ccccc2[N+](=O)[O-])C1)N1CCCCCC1.